The predicted molar refractivity (Wildman–Crippen MR) is 147 cm³/mol. The van der Waals surface area contributed by atoms with Gasteiger partial charge in [0, 0.05) is 18.7 Å². The minimum atomic E-state index is -3.94. The first-order valence-corrected chi connectivity index (χ1v) is 14.0. The molecule has 8 heteroatoms. The van der Waals surface area contributed by atoms with Gasteiger partial charge in [-0.2, -0.15) is 0 Å². The Morgan fingerprint density at radius 3 is 2.19 bits per heavy atom. The van der Waals surface area contributed by atoms with E-state index in [-0.39, 0.29) is 16.4 Å². The highest BCUT2D eigenvalue weighted by Gasteiger charge is 2.23. The first-order valence-electron chi connectivity index (χ1n) is 12.6. The van der Waals surface area contributed by atoms with Gasteiger partial charge in [0.15, 0.2) is 0 Å². The lowest BCUT2D eigenvalue weighted by molar-refractivity contribution is 0.0762. The van der Waals surface area contributed by atoms with Crippen LogP contribution in [-0.2, 0) is 10.0 Å². The number of rotatable bonds is 6. The summed E-state index contributed by atoms with van der Waals surface area (Å²) in [5.41, 5.74) is 3.83. The van der Waals surface area contributed by atoms with Gasteiger partial charge in [-0.3, -0.25) is 14.3 Å². The normalized spacial score (nSPS) is 14.1. The Bertz CT molecular complexity index is 1420. The number of aryl methyl sites for hydroxylation is 2. The van der Waals surface area contributed by atoms with Crippen molar-refractivity contribution in [2.45, 2.75) is 51.3 Å². The summed E-state index contributed by atoms with van der Waals surface area (Å²) in [7, 11) is -3.94. The Kier molecular flexibility index (Phi) is 7.97. The fourth-order valence-electron chi connectivity index (χ4n) is 4.51. The van der Waals surface area contributed by atoms with Crippen LogP contribution in [-0.4, -0.2) is 38.2 Å². The van der Waals surface area contributed by atoms with Crippen molar-refractivity contribution in [3.8, 4) is 0 Å². The summed E-state index contributed by atoms with van der Waals surface area (Å²) in [5, 5.41) is 2.83. The molecule has 0 bridgehead atoms. The molecule has 0 atom stereocenters. The molecule has 2 N–H and O–H groups in total. The number of hydrogen-bond donors (Lipinski definition) is 2. The van der Waals surface area contributed by atoms with E-state index in [2.05, 4.69) is 10.0 Å². The number of likely N-dealkylation sites (tertiary alicyclic amines) is 1. The second-order valence-corrected chi connectivity index (χ2v) is 11.2. The van der Waals surface area contributed by atoms with E-state index in [1.807, 2.05) is 24.8 Å². The number of nitrogens with zero attached hydrogens (tertiary/aromatic N) is 1. The van der Waals surface area contributed by atoms with E-state index < -0.39 is 15.9 Å². The van der Waals surface area contributed by atoms with Gasteiger partial charge in [0.1, 0.15) is 0 Å². The van der Waals surface area contributed by atoms with Crippen LogP contribution in [0.3, 0.4) is 0 Å². The van der Waals surface area contributed by atoms with Crippen LogP contribution < -0.4 is 10.0 Å². The van der Waals surface area contributed by atoms with Gasteiger partial charge < -0.3 is 10.2 Å². The zero-order valence-corrected chi connectivity index (χ0v) is 22.3. The number of benzene rings is 3. The number of sulfonamides is 1. The molecule has 0 aromatic heterocycles. The molecule has 1 saturated heterocycles. The molecule has 0 aliphatic carbocycles. The Balaban J connectivity index is 1.58. The first kappa shape index (κ1) is 26.4. The molecular weight excluding hydrogens is 486 g/mol. The Labute approximate surface area is 218 Å². The highest BCUT2D eigenvalue weighted by molar-refractivity contribution is 7.92. The van der Waals surface area contributed by atoms with Crippen LogP contribution in [0, 0.1) is 20.8 Å². The highest BCUT2D eigenvalue weighted by Crippen LogP contribution is 2.26. The number of amides is 2. The predicted octanol–water partition coefficient (Wildman–Crippen LogP) is 5.68. The molecule has 37 heavy (non-hydrogen) atoms. The summed E-state index contributed by atoms with van der Waals surface area (Å²) in [6.45, 7) is 6.86. The second-order valence-electron chi connectivity index (χ2n) is 9.54. The lowest BCUT2D eigenvalue weighted by Gasteiger charge is -2.22. The standard InChI is InChI=1S/C29H33N3O4S/c1-20-11-10-14-25(22(20)3)31-37(35,36)27-19-23(16-15-21(27)2)28(33)30-26-13-7-6-12-24(26)29(34)32-17-8-4-5-9-18-32/h6-7,10-16,19,31H,4-5,8-9,17-18H2,1-3H3,(H,30,33). The molecule has 0 saturated carbocycles. The summed E-state index contributed by atoms with van der Waals surface area (Å²) < 4.78 is 29.2. The monoisotopic (exact) mass is 519 g/mol. The smallest absolute Gasteiger partial charge is 0.262 e. The largest absolute Gasteiger partial charge is 0.339 e. The molecule has 0 radical (unpaired) electrons. The second kappa shape index (κ2) is 11.2. The van der Waals surface area contributed by atoms with Gasteiger partial charge in [0.05, 0.1) is 21.8 Å². The van der Waals surface area contributed by atoms with Gasteiger partial charge in [-0.15, -0.1) is 0 Å². The Morgan fingerprint density at radius 2 is 1.46 bits per heavy atom. The average Bonchev–Trinajstić information content (AvgIpc) is 3.16. The van der Waals surface area contributed by atoms with Crippen molar-refractivity contribution in [1.29, 1.82) is 0 Å². The summed E-state index contributed by atoms with van der Waals surface area (Å²) in [4.78, 5) is 28.3. The molecule has 1 fully saturated rings. The lowest BCUT2D eigenvalue weighted by Crippen LogP contribution is -2.32. The molecule has 0 unspecified atom stereocenters. The van der Waals surface area contributed by atoms with Crippen molar-refractivity contribution in [3.63, 3.8) is 0 Å². The molecule has 0 spiro atoms. The van der Waals surface area contributed by atoms with E-state index in [9.17, 15) is 18.0 Å². The van der Waals surface area contributed by atoms with Gasteiger partial charge in [-0.25, -0.2) is 8.42 Å². The number of carbonyl (C=O) groups is 2. The molecule has 1 heterocycles. The number of para-hydroxylation sites is 1. The van der Waals surface area contributed by atoms with Crippen LogP contribution >= 0.6 is 0 Å². The quantitative estimate of drug-likeness (QED) is 0.438. The van der Waals surface area contributed by atoms with Crippen LogP contribution in [0.5, 0.6) is 0 Å². The van der Waals surface area contributed by atoms with Crippen molar-refractivity contribution >= 4 is 33.2 Å². The number of nitrogens with one attached hydrogen (secondary N) is 2. The fraction of sp³-hybridized carbons (Fsp3) is 0.310. The maximum Gasteiger partial charge on any atom is 0.262 e. The zero-order chi connectivity index (χ0) is 26.6. The molecule has 4 rings (SSSR count). The summed E-state index contributed by atoms with van der Waals surface area (Å²) in [5.74, 6) is -0.595. The molecule has 2 amide bonds. The van der Waals surface area contributed by atoms with Crippen molar-refractivity contribution < 1.29 is 18.0 Å². The van der Waals surface area contributed by atoms with E-state index in [0.29, 0.717) is 35.6 Å². The maximum absolute atomic E-state index is 13.3. The highest BCUT2D eigenvalue weighted by atomic mass is 32.2. The van der Waals surface area contributed by atoms with Crippen molar-refractivity contribution in [1.82, 2.24) is 4.90 Å². The van der Waals surface area contributed by atoms with E-state index in [1.165, 1.54) is 6.07 Å². The van der Waals surface area contributed by atoms with Gasteiger partial charge in [0.2, 0.25) is 0 Å². The minimum absolute atomic E-state index is 0.0231. The van der Waals surface area contributed by atoms with Crippen LogP contribution in [0.4, 0.5) is 11.4 Å². The SMILES string of the molecule is Cc1ccc(C(=O)Nc2ccccc2C(=O)N2CCCCCC2)cc1S(=O)(=O)Nc1cccc(C)c1C. The Morgan fingerprint density at radius 1 is 0.784 bits per heavy atom. The fourth-order valence-corrected chi connectivity index (χ4v) is 5.90. The van der Waals surface area contributed by atoms with Crippen LogP contribution in [0.1, 0.15) is 63.1 Å². The van der Waals surface area contributed by atoms with Gasteiger partial charge >= 0.3 is 0 Å². The van der Waals surface area contributed by atoms with E-state index in [4.69, 9.17) is 0 Å². The van der Waals surface area contributed by atoms with Crippen molar-refractivity contribution in [3.05, 3.63) is 88.5 Å². The van der Waals surface area contributed by atoms with Crippen molar-refractivity contribution in [2.24, 2.45) is 0 Å². The molecule has 194 valence electrons. The van der Waals surface area contributed by atoms with Gasteiger partial charge in [0.25, 0.3) is 21.8 Å². The van der Waals surface area contributed by atoms with Crippen LogP contribution in [0.15, 0.2) is 65.6 Å². The zero-order valence-electron chi connectivity index (χ0n) is 21.5. The number of anilines is 2. The molecule has 3 aromatic carbocycles. The summed E-state index contributed by atoms with van der Waals surface area (Å²) >= 11 is 0. The van der Waals surface area contributed by atoms with E-state index in [1.54, 1.807) is 55.5 Å². The minimum Gasteiger partial charge on any atom is -0.339 e. The van der Waals surface area contributed by atoms with Gasteiger partial charge in [-0.05, 0) is 80.6 Å². The van der Waals surface area contributed by atoms with Gasteiger partial charge in [-0.1, -0.05) is 43.2 Å². The third kappa shape index (κ3) is 6.02. The molecule has 1 aliphatic heterocycles. The summed E-state index contributed by atoms with van der Waals surface area (Å²) in [6.07, 6.45) is 4.16. The molecular formula is C29H33N3O4S. The van der Waals surface area contributed by atoms with Crippen LogP contribution in [0.25, 0.3) is 0 Å². The number of hydrogen-bond acceptors (Lipinski definition) is 4. The first-order chi connectivity index (χ1) is 17.7. The maximum atomic E-state index is 13.3. The third-order valence-corrected chi connectivity index (χ3v) is 8.40. The third-order valence-electron chi connectivity index (χ3n) is 6.89. The Hall–Kier alpha value is -3.65. The lowest BCUT2D eigenvalue weighted by atomic mass is 10.1. The van der Waals surface area contributed by atoms with E-state index in [0.717, 1.165) is 36.8 Å². The van der Waals surface area contributed by atoms with Crippen LogP contribution in [0.2, 0.25) is 0 Å². The average molecular weight is 520 g/mol. The topological polar surface area (TPSA) is 95.6 Å². The van der Waals surface area contributed by atoms with Crippen molar-refractivity contribution in [2.75, 3.05) is 23.1 Å². The molecule has 3 aromatic rings. The molecule has 1 aliphatic rings. The summed E-state index contributed by atoms with van der Waals surface area (Å²) in [6, 6.07) is 16.9. The van der Waals surface area contributed by atoms with E-state index >= 15 is 0 Å². The molecule has 7 nitrogen and oxygen atoms in total. The number of carbonyl (C=O) groups excluding carboxylic acids is 2.